The van der Waals surface area contributed by atoms with Crippen LogP contribution in [0.4, 0.5) is 22.4 Å². The summed E-state index contributed by atoms with van der Waals surface area (Å²) in [5, 5.41) is 18.1. The number of nitriles is 1. The summed E-state index contributed by atoms with van der Waals surface area (Å²) in [5.41, 5.74) is -1.75. The second kappa shape index (κ2) is 12.8. The Bertz CT molecular complexity index is 1730. The summed E-state index contributed by atoms with van der Waals surface area (Å²) >= 11 is 6.48. The number of aromatic nitrogens is 3. The fourth-order valence-electron chi connectivity index (χ4n) is 4.90. The number of ether oxygens (including phenoxy) is 1. The van der Waals surface area contributed by atoms with Gasteiger partial charge in [0.05, 0.1) is 28.4 Å². The maximum atomic E-state index is 16.1. The van der Waals surface area contributed by atoms with Crippen molar-refractivity contribution in [3.05, 3.63) is 76.3 Å². The molecule has 0 radical (unpaired) electrons. The van der Waals surface area contributed by atoms with Gasteiger partial charge in [-0.15, -0.1) is 0 Å². The van der Waals surface area contributed by atoms with Crippen LogP contribution in [0.1, 0.15) is 79.7 Å². The van der Waals surface area contributed by atoms with Crippen molar-refractivity contribution in [3.8, 4) is 11.8 Å². The second-order valence-corrected chi connectivity index (χ2v) is 12.9. The van der Waals surface area contributed by atoms with Crippen LogP contribution >= 0.6 is 11.6 Å². The Kier molecular flexibility index (Phi) is 9.18. The number of carbonyl (C=O) groups is 2. The summed E-state index contributed by atoms with van der Waals surface area (Å²) < 4.78 is 63.4. The molecule has 1 aliphatic carbocycles. The summed E-state index contributed by atoms with van der Waals surface area (Å²) in [5.74, 6) is -1.19. The van der Waals surface area contributed by atoms with Gasteiger partial charge in [-0.3, -0.25) is 14.7 Å². The van der Waals surface area contributed by atoms with E-state index in [1.54, 1.807) is 0 Å². The van der Waals surface area contributed by atoms with Crippen LogP contribution < -0.4 is 10.6 Å². The molecule has 3 aromatic rings. The van der Waals surface area contributed by atoms with Crippen LogP contribution in [0.2, 0.25) is 5.02 Å². The number of nitrogens with one attached hydrogen (secondary N) is 2. The van der Waals surface area contributed by atoms with Crippen molar-refractivity contribution in [1.29, 1.82) is 5.26 Å². The number of rotatable bonds is 6. The molecule has 2 heterocycles. The van der Waals surface area contributed by atoms with Crippen LogP contribution in [-0.4, -0.2) is 62.5 Å². The van der Waals surface area contributed by atoms with E-state index in [9.17, 15) is 28.0 Å². The molecule has 1 saturated carbocycles. The summed E-state index contributed by atoms with van der Waals surface area (Å²) in [7, 11) is 0. The zero-order chi connectivity index (χ0) is 34.1. The summed E-state index contributed by atoms with van der Waals surface area (Å²) in [6.07, 6.45) is -7.06. The minimum atomic E-state index is -4.69. The van der Waals surface area contributed by atoms with Crippen molar-refractivity contribution in [1.82, 2.24) is 30.3 Å². The van der Waals surface area contributed by atoms with E-state index in [0.29, 0.717) is 12.0 Å². The molecule has 2 aliphatic rings. The fourth-order valence-corrected chi connectivity index (χ4v) is 5.09. The van der Waals surface area contributed by atoms with Gasteiger partial charge in [0, 0.05) is 12.1 Å². The lowest BCUT2D eigenvalue weighted by Crippen LogP contribution is -2.51. The third-order valence-corrected chi connectivity index (χ3v) is 8.11. The third kappa shape index (κ3) is 7.32. The van der Waals surface area contributed by atoms with Gasteiger partial charge in [-0.2, -0.15) is 23.5 Å². The van der Waals surface area contributed by atoms with Crippen molar-refractivity contribution in [2.45, 2.75) is 64.1 Å². The first-order chi connectivity index (χ1) is 22.1. The number of carbonyl (C=O) groups excluding carboxylic acids is 2. The van der Waals surface area contributed by atoms with Crippen LogP contribution in [-0.2, 0) is 4.74 Å². The highest BCUT2D eigenvalue weighted by Crippen LogP contribution is 2.49. The van der Waals surface area contributed by atoms with Crippen LogP contribution in [0.15, 0.2) is 53.8 Å². The smallest absolute Gasteiger partial charge is 0.411 e. The van der Waals surface area contributed by atoms with Gasteiger partial charge in [0.15, 0.2) is 5.82 Å². The lowest BCUT2D eigenvalue weighted by Gasteiger charge is -2.35. The number of amides is 2. The second-order valence-electron chi connectivity index (χ2n) is 12.4. The molecule has 11 nitrogen and oxygen atoms in total. The van der Waals surface area contributed by atoms with Crippen molar-refractivity contribution in [3.63, 3.8) is 0 Å². The predicted octanol–water partition coefficient (Wildman–Crippen LogP) is 6.16. The molecule has 16 heteroatoms. The third-order valence-electron chi connectivity index (χ3n) is 7.79. The molecule has 1 aliphatic heterocycles. The first kappa shape index (κ1) is 33.6. The van der Waals surface area contributed by atoms with Crippen LogP contribution in [0.25, 0.3) is 5.69 Å². The van der Waals surface area contributed by atoms with Crippen molar-refractivity contribution in [2.75, 3.05) is 13.2 Å². The Morgan fingerprint density at radius 3 is 2.51 bits per heavy atom. The van der Waals surface area contributed by atoms with Crippen molar-refractivity contribution < 1.29 is 31.9 Å². The first-order valence-electron chi connectivity index (χ1n) is 14.6. The number of halogens is 5. The van der Waals surface area contributed by atoms with Gasteiger partial charge in [0.2, 0.25) is 12.3 Å². The standard InChI is InChI=1S/C31H31ClF4N8O3/c1-29(2,3)12-13-38-27-41-24(33)25-39-17-40-44(25)22-14-20(8-9-21(22)32)23(16-47-28(46)42-30(10-11-30)31(34,35)36)43(27)26(45)19-6-4-18(15-37)5-7-19/h4-9,14,17,23-24H,10-13,16H2,1-3H3,(H,38,41)(H,42,46)/t23-,24?/m1/s1. The lowest BCUT2D eigenvalue weighted by atomic mass is 9.92. The number of fused-ring (bicyclic) bond motifs is 4. The van der Waals surface area contributed by atoms with E-state index in [2.05, 4.69) is 20.4 Å². The number of benzene rings is 2. The molecule has 5 rings (SSSR count). The minimum Gasteiger partial charge on any atom is -0.447 e. The SMILES string of the molecule is CC(C)(C)CCN=C1NC(F)c2ncnn2-c2cc(ccc2Cl)[C@@H](COC(=O)NC2(C(F)(F)F)CC2)N1C(=O)c1ccc(C#N)cc1. The molecule has 1 aromatic heterocycles. The highest BCUT2D eigenvalue weighted by molar-refractivity contribution is 6.32. The van der Waals surface area contributed by atoms with Crippen LogP contribution in [0, 0.1) is 16.7 Å². The molecule has 47 heavy (non-hydrogen) atoms. The molecule has 2 aromatic carbocycles. The highest BCUT2D eigenvalue weighted by atomic mass is 35.5. The van der Waals surface area contributed by atoms with Crippen molar-refractivity contribution in [2.24, 2.45) is 10.4 Å². The van der Waals surface area contributed by atoms with Crippen LogP contribution in [0.5, 0.6) is 0 Å². The Morgan fingerprint density at radius 1 is 1.19 bits per heavy atom. The van der Waals surface area contributed by atoms with E-state index < -0.39 is 42.7 Å². The van der Waals surface area contributed by atoms with Gasteiger partial charge in [0.25, 0.3) is 5.91 Å². The van der Waals surface area contributed by atoms with E-state index >= 15 is 4.39 Å². The van der Waals surface area contributed by atoms with E-state index in [0.717, 1.165) is 11.2 Å². The molecule has 248 valence electrons. The van der Waals surface area contributed by atoms with Gasteiger partial charge >= 0.3 is 12.3 Å². The van der Waals surface area contributed by atoms with Crippen molar-refractivity contribution >= 4 is 29.6 Å². The topological polar surface area (TPSA) is 138 Å². The molecule has 0 saturated heterocycles. The average Bonchev–Trinajstić information content (AvgIpc) is 3.64. The fraction of sp³-hybridized carbons (Fsp3) is 0.419. The number of alkyl halides is 4. The van der Waals surface area contributed by atoms with Gasteiger partial charge in [-0.1, -0.05) is 38.4 Å². The molecule has 0 spiro atoms. The molecular weight excluding hydrogens is 644 g/mol. The quantitative estimate of drug-likeness (QED) is 0.236. The minimum absolute atomic E-state index is 0.0719. The molecule has 2 N–H and O–H groups in total. The molecule has 1 fully saturated rings. The van der Waals surface area contributed by atoms with E-state index in [1.165, 1.54) is 47.1 Å². The maximum absolute atomic E-state index is 16.1. The lowest BCUT2D eigenvalue weighted by molar-refractivity contribution is -0.164. The number of nitrogens with zero attached hydrogens (tertiary/aromatic N) is 6. The van der Waals surface area contributed by atoms with E-state index in [4.69, 9.17) is 16.3 Å². The van der Waals surface area contributed by atoms with Gasteiger partial charge in [0.1, 0.15) is 18.5 Å². The number of aliphatic imine (C=N–C) groups is 1. The molecular formula is C31H31ClF4N8O3. The van der Waals surface area contributed by atoms with Gasteiger partial charge in [-0.05, 0) is 66.6 Å². The maximum Gasteiger partial charge on any atom is 0.411 e. The predicted molar refractivity (Wildman–Crippen MR) is 162 cm³/mol. The van der Waals surface area contributed by atoms with Crippen LogP contribution in [0.3, 0.4) is 0 Å². The van der Waals surface area contributed by atoms with Gasteiger partial charge < -0.3 is 15.4 Å². The molecule has 2 bridgehead atoms. The van der Waals surface area contributed by atoms with E-state index in [1.807, 2.05) is 32.2 Å². The Hall–Kier alpha value is -4.71. The zero-order valence-corrected chi connectivity index (χ0v) is 26.4. The van der Waals surface area contributed by atoms with Gasteiger partial charge in [-0.25, -0.2) is 18.9 Å². The van der Waals surface area contributed by atoms with E-state index in [-0.39, 0.29) is 58.4 Å². The highest BCUT2D eigenvalue weighted by Gasteiger charge is 2.64. The molecule has 2 amide bonds. The zero-order valence-electron chi connectivity index (χ0n) is 25.6. The normalized spacial score (nSPS) is 19.6. The Balaban J connectivity index is 1.64. The Morgan fingerprint density at radius 2 is 1.89 bits per heavy atom. The number of hydrogen-bond acceptors (Lipinski definition) is 7. The monoisotopic (exact) mass is 674 g/mol. The summed E-state index contributed by atoms with van der Waals surface area (Å²) in [6, 6.07) is 10.8. The first-order valence-corrected chi connectivity index (χ1v) is 15.0. The summed E-state index contributed by atoms with van der Waals surface area (Å²) in [6.45, 7) is 5.41. The molecule has 1 unspecified atom stereocenters. The largest absolute Gasteiger partial charge is 0.447 e. The average molecular weight is 675 g/mol. The molecule has 2 atom stereocenters. The number of alkyl carbamates (subject to hydrolysis) is 1. The summed E-state index contributed by atoms with van der Waals surface area (Å²) in [4.78, 5) is 36.9. The number of guanidine groups is 1. The number of hydrogen-bond donors (Lipinski definition) is 2. The Labute approximate surface area is 272 Å².